The molecule has 1 aromatic carbocycles. The standard InChI is InChI=1S/C19H24N4O5S/c24-18-6-5-16(21-23(18)14-7-12-29(26,27)13-14)19(25)20-15-3-1-2-4-17(15)22-8-10-28-11-9-22/h1-4,14H,5-13H2,(H,20,25). The smallest absolute Gasteiger partial charge is 0.271 e. The lowest BCUT2D eigenvalue weighted by atomic mass is 10.1. The Kier molecular flexibility index (Phi) is 5.55. The van der Waals surface area contributed by atoms with E-state index in [1.165, 1.54) is 5.01 Å². The Balaban J connectivity index is 1.51. The molecule has 0 aliphatic carbocycles. The second kappa shape index (κ2) is 8.11. The summed E-state index contributed by atoms with van der Waals surface area (Å²) < 4.78 is 28.9. The quantitative estimate of drug-likeness (QED) is 0.765. The van der Waals surface area contributed by atoms with Gasteiger partial charge in [0.25, 0.3) is 5.91 Å². The highest BCUT2D eigenvalue weighted by molar-refractivity contribution is 7.91. The summed E-state index contributed by atoms with van der Waals surface area (Å²) >= 11 is 0. The molecule has 2 amide bonds. The lowest BCUT2D eigenvalue weighted by Crippen LogP contribution is -2.42. The van der Waals surface area contributed by atoms with Crippen LogP contribution in [0.25, 0.3) is 0 Å². The molecule has 1 atom stereocenters. The number of sulfone groups is 1. The van der Waals surface area contributed by atoms with E-state index in [2.05, 4.69) is 15.3 Å². The normalized spacial score (nSPS) is 24.3. The zero-order valence-electron chi connectivity index (χ0n) is 16.0. The Labute approximate surface area is 169 Å². The first-order chi connectivity index (χ1) is 13.9. The Bertz CT molecular complexity index is 940. The third-order valence-electron chi connectivity index (χ3n) is 5.38. The summed E-state index contributed by atoms with van der Waals surface area (Å²) in [5, 5.41) is 8.36. The Morgan fingerprint density at radius 1 is 1.17 bits per heavy atom. The van der Waals surface area contributed by atoms with Crippen LogP contribution in [0, 0.1) is 0 Å². The van der Waals surface area contributed by atoms with Gasteiger partial charge in [0, 0.05) is 25.9 Å². The minimum atomic E-state index is -3.15. The van der Waals surface area contributed by atoms with Gasteiger partial charge in [-0.15, -0.1) is 0 Å². The van der Waals surface area contributed by atoms with Gasteiger partial charge >= 0.3 is 0 Å². The van der Waals surface area contributed by atoms with Crippen LogP contribution in [0.5, 0.6) is 0 Å². The van der Waals surface area contributed by atoms with Crippen molar-refractivity contribution in [2.24, 2.45) is 5.10 Å². The molecule has 156 valence electrons. The van der Waals surface area contributed by atoms with Crippen LogP contribution in [0.1, 0.15) is 19.3 Å². The van der Waals surface area contributed by atoms with E-state index in [9.17, 15) is 18.0 Å². The molecule has 1 unspecified atom stereocenters. The lowest BCUT2D eigenvalue weighted by Gasteiger charge is -2.31. The number of nitrogens with zero attached hydrogens (tertiary/aromatic N) is 3. The van der Waals surface area contributed by atoms with Gasteiger partial charge in [0.05, 0.1) is 42.1 Å². The van der Waals surface area contributed by atoms with E-state index in [0.717, 1.165) is 18.8 Å². The highest BCUT2D eigenvalue weighted by Gasteiger charge is 2.37. The molecule has 10 heteroatoms. The van der Waals surface area contributed by atoms with Crippen molar-refractivity contribution in [3.63, 3.8) is 0 Å². The van der Waals surface area contributed by atoms with Crippen molar-refractivity contribution in [3.8, 4) is 0 Å². The third kappa shape index (κ3) is 4.43. The predicted molar refractivity (Wildman–Crippen MR) is 109 cm³/mol. The fourth-order valence-corrected chi connectivity index (χ4v) is 5.53. The first-order valence-corrected chi connectivity index (χ1v) is 11.6. The maximum Gasteiger partial charge on any atom is 0.271 e. The minimum Gasteiger partial charge on any atom is -0.378 e. The molecule has 4 rings (SSSR count). The van der Waals surface area contributed by atoms with E-state index in [-0.39, 0.29) is 41.9 Å². The van der Waals surface area contributed by atoms with Gasteiger partial charge in [0.2, 0.25) is 5.91 Å². The zero-order chi connectivity index (χ0) is 20.4. The summed E-state index contributed by atoms with van der Waals surface area (Å²) in [5.74, 6) is -0.663. The van der Waals surface area contributed by atoms with Gasteiger partial charge in [-0.05, 0) is 18.6 Å². The molecule has 0 saturated carbocycles. The van der Waals surface area contributed by atoms with Gasteiger partial charge in [-0.1, -0.05) is 12.1 Å². The maximum atomic E-state index is 12.9. The van der Waals surface area contributed by atoms with Crippen molar-refractivity contribution in [2.75, 3.05) is 48.0 Å². The number of hydrazone groups is 1. The molecule has 3 aliphatic heterocycles. The van der Waals surface area contributed by atoms with Crippen molar-refractivity contribution in [1.82, 2.24) is 5.01 Å². The molecule has 1 aromatic rings. The molecule has 29 heavy (non-hydrogen) atoms. The number of morpholine rings is 1. The number of para-hydroxylation sites is 2. The highest BCUT2D eigenvalue weighted by atomic mass is 32.2. The molecule has 2 fully saturated rings. The van der Waals surface area contributed by atoms with E-state index >= 15 is 0 Å². The number of hydrogen-bond acceptors (Lipinski definition) is 7. The van der Waals surface area contributed by atoms with Crippen molar-refractivity contribution in [2.45, 2.75) is 25.3 Å². The Hall–Kier alpha value is -2.46. The largest absolute Gasteiger partial charge is 0.378 e. The SMILES string of the molecule is O=C(Nc1ccccc1N1CCOCC1)C1=NN(C2CCS(=O)(=O)C2)C(=O)CC1. The molecule has 0 bridgehead atoms. The number of rotatable bonds is 4. The van der Waals surface area contributed by atoms with E-state index in [0.29, 0.717) is 25.3 Å². The fourth-order valence-electron chi connectivity index (χ4n) is 3.84. The van der Waals surface area contributed by atoms with Gasteiger partial charge < -0.3 is 15.0 Å². The van der Waals surface area contributed by atoms with Crippen LogP contribution in [-0.4, -0.2) is 74.8 Å². The number of benzene rings is 1. The monoisotopic (exact) mass is 420 g/mol. The van der Waals surface area contributed by atoms with Crippen molar-refractivity contribution in [1.29, 1.82) is 0 Å². The van der Waals surface area contributed by atoms with Crippen LogP contribution in [0.4, 0.5) is 11.4 Å². The number of amides is 2. The molecule has 9 nitrogen and oxygen atoms in total. The van der Waals surface area contributed by atoms with Gasteiger partial charge in [0.1, 0.15) is 5.71 Å². The summed E-state index contributed by atoms with van der Waals surface area (Å²) in [6.07, 6.45) is 0.737. The lowest BCUT2D eigenvalue weighted by molar-refractivity contribution is -0.133. The Morgan fingerprint density at radius 3 is 2.66 bits per heavy atom. The second-order valence-corrected chi connectivity index (χ2v) is 9.64. The topological polar surface area (TPSA) is 108 Å². The average molecular weight is 420 g/mol. The first-order valence-electron chi connectivity index (χ1n) is 9.76. The molecule has 3 aliphatic rings. The summed E-state index contributed by atoms with van der Waals surface area (Å²) in [5.41, 5.74) is 1.83. The number of nitrogens with one attached hydrogen (secondary N) is 1. The molecule has 1 N–H and O–H groups in total. The van der Waals surface area contributed by atoms with Gasteiger partial charge in [-0.3, -0.25) is 9.59 Å². The van der Waals surface area contributed by atoms with Crippen molar-refractivity contribution >= 4 is 38.7 Å². The summed E-state index contributed by atoms with van der Waals surface area (Å²) in [7, 11) is -3.15. The number of carbonyl (C=O) groups excluding carboxylic acids is 2. The number of ether oxygens (including phenoxy) is 1. The fraction of sp³-hybridized carbons (Fsp3) is 0.526. The third-order valence-corrected chi connectivity index (χ3v) is 7.13. The van der Waals surface area contributed by atoms with Crippen molar-refractivity contribution < 1.29 is 22.7 Å². The van der Waals surface area contributed by atoms with Crippen LogP contribution in [0.15, 0.2) is 29.4 Å². The molecule has 2 saturated heterocycles. The molecule has 3 heterocycles. The number of anilines is 2. The highest BCUT2D eigenvalue weighted by Crippen LogP contribution is 2.27. The molecular weight excluding hydrogens is 396 g/mol. The van der Waals surface area contributed by atoms with E-state index in [1.54, 1.807) is 0 Å². The average Bonchev–Trinajstić information content (AvgIpc) is 3.09. The van der Waals surface area contributed by atoms with Gasteiger partial charge in [-0.25, -0.2) is 13.4 Å². The second-order valence-electron chi connectivity index (χ2n) is 7.41. The van der Waals surface area contributed by atoms with Crippen LogP contribution >= 0.6 is 0 Å². The molecule has 0 aromatic heterocycles. The van der Waals surface area contributed by atoms with Crippen molar-refractivity contribution in [3.05, 3.63) is 24.3 Å². The van der Waals surface area contributed by atoms with Crippen LogP contribution in [0.2, 0.25) is 0 Å². The minimum absolute atomic E-state index is 0.0470. The number of carbonyl (C=O) groups is 2. The summed E-state index contributed by atoms with van der Waals surface area (Å²) in [4.78, 5) is 27.3. The van der Waals surface area contributed by atoms with E-state index in [4.69, 9.17) is 4.74 Å². The number of hydrogen-bond donors (Lipinski definition) is 1. The maximum absolute atomic E-state index is 12.9. The Morgan fingerprint density at radius 2 is 1.93 bits per heavy atom. The van der Waals surface area contributed by atoms with E-state index < -0.39 is 15.9 Å². The molecular formula is C19H24N4O5S. The zero-order valence-corrected chi connectivity index (χ0v) is 16.9. The van der Waals surface area contributed by atoms with E-state index in [1.807, 2.05) is 24.3 Å². The van der Waals surface area contributed by atoms with Crippen LogP contribution < -0.4 is 10.2 Å². The molecule has 0 radical (unpaired) electrons. The molecule has 0 spiro atoms. The summed E-state index contributed by atoms with van der Waals surface area (Å²) in [6, 6.07) is 7.05. The van der Waals surface area contributed by atoms with Crippen LogP contribution in [0.3, 0.4) is 0 Å². The van der Waals surface area contributed by atoms with Crippen LogP contribution in [-0.2, 0) is 24.2 Å². The first kappa shape index (κ1) is 19.8. The van der Waals surface area contributed by atoms with Gasteiger partial charge in [-0.2, -0.15) is 5.10 Å². The van der Waals surface area contributed by atoms with Gasteiger partial charge in [0.15, 0.2) is 9.84 Å². The predicted octanol–water partition coefficient (Wildman–Crippen LogP) is 0.627. The summed E-state index contributed by atoms with van der Waals surface area (Å²) in [6.45, 7) is 2.76.